The lowest BCUT2D eigenvalue weighted by atomic mass is 10.0. The molecule has 1 saturated carbocycles. The van der Waals surface area contributed by atoms with Crippen LogP contribution in [0.15, 0.2) is 33.1 Å². The Kier molecular flexibility index (Phi) is 1.59. The maximum atomic E-state index is 4.59. The van der Waals surface area contributed by atoms with Gasteiger partial charge in [0.15, 0.2) is 0 Å². The van der Waals surface area contributed by atoms with Gasteiger partial charge in [-0.3, -0.25) is 10.4 Å². The molecule has 0 aromatic rings. The van der Waals surface area contributed by atoms with E-state index >= 15 is 0 Å². The first-order valence-corrected chi connectivity index (χ1v) is 5.97. The van der Waals surface area contributed by atoms with Crippen molar-refractivity contribution >= 4 is 11.9 Å². The third kappa shape index (κ3) is 1.16. The second kappa shape index (κ2) is 2.97. The van der Waals surface area contributed by atoms with Gasteiger partial charge in [-0.05, 0) is 31.3 Å². The number of nitrogens with zero attached hydrogens (tertiary/aromatic N) is 3. The van der Waals surface area contributed by atoms with Crippen molar-refractivity contribution in [3.05, 3.63) is 22.9 Å². The monoisotopic (exact) mass is 214 g/mol. The fourth-order valence-corrected chi connectivity index (χ4v) is 2.69. The van der Waals surface area contributed by atoms with Crippen LogP contribution in [0.1, 0.15) is 25.7 Å². The highest BCUT2D eigenvalue weighted by molar-refractivity contribution is 6.13. The molecule has 82 valence electrons. The standard InChI is InChI=1S/C12H14N4/c1-4-11-12-8(1)7-16(10-2-3-10)14-6-9(12)5-13-15-11/h5-6,10,13H,1-4,7H2. The maximum Gasteiger partial charge on any atom is 0.0689 e. The summed E-state index contributed by atoms with van der Waals surface area (Å²) in [5.41, 5.74) is 8.30. The Balaban J connectivity index is 1.78. The van der Waals surface area contributed by atoms with Gasteiger partial charge in [-0.1, -0.05) is 0 Å². The summed E-state index contributed by atoms with van der Waals surface area (Å²) in [5.74, 6) is 0. The zero-order valence-corrected chi connectivity index (χ0v) is 9.11. The molecule has 0 aromatic heterocycles. The molecule has 0 unspecified atom stereocenters. The van der Waals surface area contributed by atoms with E-state index in [2.05, 4.69) is 20.6 Å². The van der Waals surface area contributed by atoms with Gasteiger partial charge in [0.2, 0.25) is 0 Å². The Bertz CT molecular complexity index is 465. The number of rotatable bonds is 1. The van der Waals surface area contributed by atoms with Crippen LogP contribution < -0.4 is 5.43 Å². The van der Waals surface area contributed by atoms with Crippen molar-refractivity contribution < 1.29 is 0 Å². The average molecular weight is 214 g/mol. The lowest BCUT2D eigenvalue weighted by Crippen LogP contribution is -2.21. The third-order valence-electron chi connectivity index (χ3n) is 3.68. The smallest absolute Gasteiger partial charge is 0.0689 e. The van der Waals surface area contributed by atoms with E-state index in [0.717, 1.165) is 19.4 Å². The summed E-state index contributed by atoms with van der Waals surface area (Å²) in [7, 11) is 0. The molecular weight excluding hydrogens is 200 g/mol. The Hall–Kier alpha value is -1.58. The summed E-state index contributed by atoms with van der Waals surface area (Å²) >= 11 is 0. The number of allylic oxidation sites excluding steroid dienone is 2. The van der Waals surface area contributed by atoms with Crippen molar-refractivity contribution in [2.45, 2.75) is 31.7 Å². The summed E-state index contributed by atoms with van der Waals surface area (Å²) in [6, 6.07) is 0.694. The molecule has 4 aliphatic rings. The number of hydrogen-bond donors (Lipinski definition) is 1. The second-order valence-electron chi connectivity index (χ2n) is 4.84. The van der Waals surface area contributed by atoms with Crippen molar-refractivity contribution in [2.24, 2.45) is 10.2 Å². The lowest BCUT2D eigenvalue weighted by Gasteiger charge is -2.17. The Morgan fingerprint density at radius 2 is 2.25 bits per heavy atom. The van der Waals surface area contributed by atoms with E-state index in [1.165, 1.54) is 35.3 Å². The minimum atomic E-state index is 0.694. The second-order valence-corrected chi connectivity index (χ2v) is 4.84. The third-order valence-corrected chi connectivity index (χ3v) is 3.68. The van der Waals surface area contributed by atoms with Crippen molar-refractivity contribution in [1.29, 1.82) is 0 Å². The molecule has 2 heterocycles. The van der Waals surface area contributed by atoms with E-state index in [1.54, 1.807) is 0 Å². The summed E-state index contributed by atoms with van der Waals surface area (Å²) in [6.07, 6.45) is 8.80. The molecule has 0 aromatic carbocycles. The highest BCUT2D eigenvalue weighted by Gasteiger charge is 2.34. The Morgan fingerprint density at radius 3 is 3.12 bits per heavy atom. The molecule has 0 amide bonds. The maximum absolute atomic E-state index is 4.59. The normalized spacial score (nSPS) is 27.1. The van der Waals surface area contributed by atoms with Crippen LogP contribution >= 0.6 is 0 Å². The Labute approximate surface area is 94.4 Å². The quantitative estimate of drug-likeness (QED) is 0.716. The van der Waals surface area contributed by atoms with Crippen LogP contribution in [0.5, 0.6) is 0 Å². The van der Waals surface area contributed by atoms with Crippen LogP contribution in [0.3, 0.4) is 0 Å². The van der Waals surface area contributed by atoms with Gasteiger partial charge in [0.25, 0.3) is 0 Å². The van der Waals surface area contributed by atoms with Gasteiger partial charge in [-0.15, -0.1) is 0 Å². The largest absolute Gasteiger partial charge is 0.290 e. The fourth-order valence-electron chi connectivity index (χ4n) is 2.69. The molecule has 0 radical (unpaired) electrons. The molecular formula is C12H14N4. The van der Waals surface area contributed by atoms with Crippen molar-refractivity contribution in [2.75, 3.05) is 6.54 Å². The first-order chi connectivity index (χ1) is 7.92. The van der Waals surface area contributed by atoms with E-state index in [4.69, 9.17) is 0 Å². The minimum Gasteiger partial charge on any atom is -0.290 e. The van der Waals surface area contributed by atoms with Crippen LogP contribution in [0.4, 0.5) is 0 Å². The van der Waals surface area contributed by atoms with Gasteiger partial charge in [0.1, 0.15) is 0 Å². The van der Waals surface area contributed by atoms with E-state index < -0.39 is 0 Å². The first kappa shape index (κ1) is 8.56. The molecule has 2 aliphatic heterocycles. The van der Waals surface area contributed by atoms with Crippen molar-refractivity contribution in [3.8, 4) is 0 Å². The average Bonchev–Trinajstić information content (AvgIpc) is 3.07. The van der Waals surface area contributed by atoms with Gasteiger partial charge in [0.05, 0.1) is 18.5 Å². The summed E-state index contributed by atoms with van der Waals surface area (Å²) in [4.78, 5) is 0. The van der Waals surface area contributed by atoms with E-state index in [-0.39, 0.29) is 0 Å². The zero-order valence-electron chi connectivity index (χ0n) is 9.11. The zero-order chi connectivity index (χ0) is 10.5. The van der Waals surface area contributed by atoms with E-state index in [0.29, 0.717) is 6.04 Å². The van der Waals surface area contributed by atoms with Crippen molar-refractivity contribution in [3.63, 3.8) is 0 Å². The summed E-state index contributed by atoms with van der Waals surface area (Å²) < 4.78 is 0. The molecule has 2 aliphatic carbocycles. The van der Waals surface area contributed by atoms with Gasteiger partial charge in [-0.2, -0.15) is 10.2 Å². The topological polar surface area (TPSA) is 40.0 Å². The molecule has 1 fully saturated rings. The molecule has 4 heteroatoms. The van der Waals surface area contributed by atoms with E-state index in [1.807, 2.05) is 12.4 Å². The molecule has 4 rings (SSSR count). The number of hydrazone groups is 2. The molecule has 0 saturated heterocycles. The van der Waals surface area contributed by atoms with Gasteiger partial charge in [-0.25, -0.2) is 0 Å². The number of hydrogen-bond acceptors (Lipinski definition) is 4. The fraction of sp³-hybridized carbons (Fsp3) is 0.500. The van der Waals surface area contributed by atoms with Crippen LogP contribution in [0.25, 0.3) is 0 Å². The SMILES string of the molecule is C1=NN(C2CC2)CC2=C3C1=CNN=C3CC2. The molecule has 0 bridgehead atoms. The van der Waals surface area contributed by atoms with Crippen LogP contribution in [-0.2, 0) is 0 Å². The van der Waals surface area contributed by atoms with Crippen molar-refractivity contribution in [1.82, 2.24) is 10.4 Å². The lowest BCUT2D eigenvalue weighted by molar-refractivity contribution is 0.302. The molecule has 16 heavy (non-hydrogen) atoms. The van der Waals surface area contributed by atoms with Crippen LogP contribution in [0.2, 0.25) is 0 Å². The molecule has 0 atom stereocenters. The highest BCUT2D eigenvalue weighted by atomic mass is 15.5. The Morgan fingerprint density at radius 1 is 1.31 bits per heavy atom. The van der Waals surface area contributed by atoms with Gasteiger partial charge < -0.3 is 0 Å². The van der Waals surface area contributed by atoms with Crippen LogP contribution in [-0.4, -0.2) is 29.5 Å². The molecule has 4 nitrogen and oxygen atoms in total. The van der Waals surface area contributed by atoms with E-state index in [9.17, 15) is 0 Å². The highest BCUT2D eigenvalue weighted by Crippen LogP contribution is 2.36. The summed E-state index contributed by atoms with van der Waals surface area (Å²) in [6.45, 7) is 1.01. The molecule has 0 spiro atoms. The summed E-state index contributed by atoms with van der Waals surface area (Å²) in [5, 5.41) is 11.2. The van der Waals surface area contributed by atoms with Crippen LogP contribution in [0, 0.1) is 0 Å². The first-order valence-electron chi connectivity index (χ1n) is 5.97. The predicted molar refractivity (Wildman–Crippen MR) is 63.1 cm³/mol. The predicted octanol–water partition coefficient (Wildman–Crippen LogP) is 1.38. The van der Waals surface area contributed by atoms with Gasteiger partial charge >= 0.3 is 0 Å². The molecule has 1 N–H and O–H groups in total. The van der Waals surface area contributed by atoms with Gasteiger partial charge in [0, 0.05) is 23.4 Å². The minimum absolute atomic E-state index is 0.694. The number of nitrogens with one attached hydrogen (secondary N) is 1.